The minimum absolute atomic E-state index is 0.772. The van der Waals surface area contributed by atoms with E-state index in [2.05, 4.69) is 134 Å². The van der Waals surface area contributed by atoms with Crippen molar-refractivity contribution in [1.82, 2.24) is 0 Å². The van der Waals surface area contributed by atoms with Gasteiger partial charge in [0.25, 0.3) is 0 Å². The minimum atomic E-state index is 0.772. The predicted octanol–water partition coefficient (Wildman–Crippen LogP) is 10.4. The first kappa shape index (κ1) is 36.6. The Bertz CT molecular complexity index is 1690. The molecule has 1 aliphatic rings. The van der Waals surface area contributed by atoms with E-state index >= 15 is 0 Å². The highest BCUT2D eigenvalue weighted by molar-refractivity contribution is 6.05. The molecule has 1 aliphatic heterocycles. The molecule has 4 aromatic carbocycles. The van der Waals surface area contributed by atoms with Crippen LogP contribution in [0.25, 0.3) is 21.9 Å². The van der Waals surface area contributed by atoms with Crippen molar-refractivity contribution in [2.45, 2.75) is 20.3 Å². The molecule has 0 radical (unpaired) electrons. The summed E-state index contributed by atoms with van der Waals surface area (Å²) in [5.41, 5.74) is 7.26. The van der Waals surface area contributed by atoms with E-state index < -0.39 is 0 Å². The second kappa shape index (κ2) is 21.2. The summed E-state index contributed by atoms with van der Waals surface area (Å²) in [5.74, 6) is 8.00. The third kappa shape index (κ3) is 10.6. The summed E-state index contributed by atoms with van der Waals surface area (Å²) >= 11 is 0. The van der Waals surface area contributed by atoms with Gasteiger partial charge in [0.05, 0.1) is 11.4 Å². The van der Waals surface area contributed by atoms with Crippen LogP contribution in [-0.4, -0.2) is 6.21 Å². The molecule has 0 spiro atoms. The summed E-state index contributed by atoms with van der Waals surface area (Å²) in [6.07, 6.45) is 21.8. The monoisotopic (exact) mass is 606 g/mol. The van der Waals surface area contributed by atoms with Crippen LogP contribution in [0.3, 0.4) is 0 Å². The number of nitrogens with zero attached hydrogens (tertiary/aromatic N) is 1. The number of allylic oxidation sites excluding steroid dienone is 12. The zero-order valence-corrected chi connectivity index (χ0v) is 27.0. The van der Waals surface area contributed by atoms with Gasteiger partial charge in [-0.15, -0.1) is 0 Å². The maximum absolute atomic E-state index is 8.25. The van der Waals surface area contributed by atoms with Crippen molar-refractivity contribution < 1.29 is 0 Å². The van der Waals surface area contributed by atoms with E-state index in [1.807, 2.05) is 62.4 Å². The van der Waals surface area contributed by atoms with Crippen molar-refractivity contribution in [2.24, 2.45) is 11.7 Å². The molecule has 4 aromatic rings. The first-order valence-corrected chi connectivity index (χ1v) is 15.3. The van der Waals surface area contributed by atoms with E-state index in [1.54, 1.807) is 12.2 Å². The summed E-state index contributed by atoms with van der Waals surface area (Å²) in [7, 11) is 0. The fourth-order valence-electron chi connectivity index (χ4n) is 4.72. The lowest BCUT2D eigenvalue weighted by Gasteiger charge is -2.27. The number of anilines is 1. The number of fused-ring (bicyclic) bond motifs is 3. The normalized spacial score (nSPS) is 14.1. The van der Waals surface area contributed by atoms with Crippen molar-refractivity contribution in [1.29, 1.82) is 5.41 Å². The fraction of sp³-hybridized carbons (Fsp3) is 0.0714. The Morgan fingerprint density at radius 3 is 2.02 bits per heavy atom. The van der Waals surface area contributed by atoms with Crippen molar-refractivity contribution >= 4 is 33.8 Å². The summed E-state index contributed by atoms with van der Waals surface area (Å²) in [6.45, 7) is 15.4. The number of rotatable bonds is 8. The number of hydrazine groups is 1. The molecule has 5 N–H and O–H groups in total. The highest BCUT2D eigenvalue weighted by atomic mass is 15.1. The Morgan fingerprint density at radius 1 is 0.783 bits per heavy atom. The van der Waals surface area contributed by atoms with E-state index in [0.29, 0.717) is 0 Å². The first-order valence-electron chi connectivity index (χ1n) is 15.3. The molecular formula is C42H46N4. The van der Waals surface area contributed by atoms with Crippen LogP contribution >= 0.6 is 0 Å². The molecule has 0 atom stereocenters. The van der Waals surface area contributed by atoms with Crippen LogP contribution in [-0.2, 0) is 6.42 Å². The molecule has 0 amide bonds. The number of benzene rings is 4. The highest BCUT2D eigenvalue weighted by Gasteiger charge is 2.18. The average Bonchev–Trinajstić information content (AvgIpc) is 3.12. The van der Waals surface area contributed by atoms with Gasteiger partial charge < -0.3 is 10.3 Å². The van der Waals surface area contributed by atoms with Crippen molar-refractivity contribution in [2.75, 3.05) is 4.90 Å². The van der Waals surface area contributed by atoms with E-state index in [1.165, 1.54) is 17.2 Å². The fourth-order valence-corrected chi connectivity index (χ4v) is 4.72. The lowest BCUT2D eigenvalue weighted by atomic mass is 9.92. The Hall–Kier alpha value is -5.55. The lowest BCUT2D eigenvalue weighted by Crippen LogP contribution is -2.18. The highest BCUT2D eigenvalue weighted by Crippen LogP contribution is 2.39. The zero-order valence-electron chi connectivity index (χ0n) is 27.0. The van der Waals surface area contributed by atoms with Gasteiger partial charge in [0, 0.05) is 18.0 Å². The predicted molar refractivity (Wildman–Crippen MR) is 204 cm³/mol. The van der Waals surface area contributed by atoms with Gasteiger partial charge in [-0.05, 0) is 63.8 Å². The summed E-state index contributed by atoms with van der Waals surface area (Å²) in [4.78, 5) is 2.09. The summed E-state index contributed by atoms with van der Waals surface area (Å²) in [6, 6.07) is 33.4. The van der Waals surface area contributed by atoms with E-state index in [4.69, 9.17) is 5.41 Å². The number of nitrogens with two attached hydrogens (primary N) is 2. The Kier molecular flexibility index (Phi) is 16.9. The van der Waals surface area contributed by atoms with Crippen molar-refractivity contribution in [3.63, 3.8) is 0 Å². The van der Waals surface area contributed by atoms with Crippen molar-refractivity contribution in [3.8, 4) is 0 Å². The van der Waals surface area contributed by atoms with Crippen LogP contribution in [0, 0.1) is 5.41 Å². The van der Waals surface area contributed by atoms with E-state index in [0.717, 1.165) is 45.5 Å². The van der Waals surface area contributed by atoms with Gasteiger partial charge in [-0.2, -0.15) is 0 Å². The van der Waals surface area contributed by atoms with Gasteiger partial charge in [-0.3, -0.25) is 11.7 Å². The number of nitrogens with one attached hydrogen (secondary N) is 1. The topological polar surface area (TPSA) is 79.1 Å². The van der Waals surface area contributed by atoms with Crippen LogP contribution in [0.15, 0.2) is 183 Å². The molecule has 234 valence electrons. The maximum atomic E-state index is 8.25. The minimum Gasteiger partial charge on any atom is -0.315 e. The summed E-state index contributed by atoms with van der Waals surface area (Å²) < 4.78 is 0. The lowest BCUT2D eigenvalue weighted by molar-refractivity contribution is 1.22. The molecule has 0 saturated carbocycles. The standard InChI is InChI=1S/C34H28N2.C6H8.C2H6.H4N2/c1-26-24-30(28-15-6-3-7-16-28)22-23-36(33-21-20-29-17-9-11-19-32(29)34(26)33)31(25-35)18-10-8-14-27-12-4-2-5-13-27;1-3-5-6-4-2;2*1-2/h2-13,15-25,35H,1,14H2;3-6H,1-2H2;1-2H3;1-2H2/b10-8+,23-22-,30-24+,31-18+,35-25?;6-5-;;. The smallest absolute Gasteiger partial charge is 0.0631 e. The van der Waals surface area contributed by atoms with Gasteiger partial charge in [0.2, 0.25) is 0 Å². The van der Waals surface area contributed by atoms with Crippen molar-refractivity contribution in [3.05, 3.63) is 200 Å². The molecule has 0 aromatic heterocycles. The average molecular weight is 607 g/mol. The molecule has 46 heavy (non-hydrogen) atoms. The van der Waals surface area contributed by atoms with E-state index in [-0.39, 0.29) is 0 Å². The number of hydrogen-bond donors (Lipinski definition) is 3. The van der Waals surface area contributed by atoms with Crippen LogP contribution in [0.5, 0.6) is 0 Å². The maximum Gasteiger partial charge on any atom is 0.0631 e. The van der Waals surface area contributed by atoms with Gasteiger partial charge in [-0.1, -0.05) is 161 Å². The van der Waals surface area contributed by atoms with Crippen LogP contribution in [0.4, 0.5) is 5.69 Å². The van der Waals surface area contributed by atoms with Crippen LogP contribution in [0.1, 0.15) is 30.5 Å². The first-order chi connectivity index (χ1) is 22.7. The SMILES string of the molecule is C=C/C=C\C=C.C=C1/C=C(c2ccccc2)\C=C/N(/C(C=N)=C/C=C/Cc2ccccc2)c2ccc3ccccc3c21.CC.NN. The molecule has 0 saturated heterocycles. The summed E-state index contributed by atoms with van der Waals surface area (Å²) in [5, 5.41) is 10.6. The molecular weight excluding hydrogens is 560 g/mol. The van der Waals surface area contributed by atoms with Gasteiger partial charge in [0.1, 0.15) is 0 Å². The molecule has 5 rings (SSSR count). The molecule has 0 bridgehead atoms. The van der Waals surface area contributed by atoms with E-state index in [9.17, 15) is 0 Å². The van der Waals surface area contributed by atoms with Gasteiger partial charge in [-0.25, -0.2) is 0 Å². The Labute approximate surface area is 275 Å². The van der Waals surface area contributed by atoms with Gasteiger partial charge in [0.15, 0.2) is 0 Å². The van der Waals surface area contributed by atoms with Crippen LogP contribution in [0.2, 0.25) is 0 Å². The number of hydrogen-bond acceptors (Lipinski definition) is 4. The Balaban J connectivity index is 0.000000653. The molecule has 0 unspecified atom stereocenters. The third-order valence-electron chi connectivity index (χ3n) is 6.74. The molecule has 0 aliphatic carbocycles. The quantitative estimate of drug-likeness (QED) is 0.0808. The molecule has 1 heterocycles. The zero-order chi connectivity index (χ0) is 33.6. The van der Waals surface area contributed by atoms with Crippen LogP contribution < -0.4 is 16.6 Å². The van der Waals surface area contributed by atoms with Gasteiger partial charge >= 0.3 is 0 Å². The molecule has 4 heteroatoms. The molecule has 4 nitrogen and oxygen atoms in total. The second-order valence-corrected chi connectivity index (χ2v) is 9.57. The largest absolute Gasteiger partial charge is 0.315 e. The third-order valence-corrected chi connectivity index (χ3v) is 6.74. The second-order valence-electron chi connectivity index (χ2n) is 9.57. The molecule has 0 fully saturated rings. The Morgan fingerprint density at radius 2 is 1.39 bits per heavy atom.